The standard InChI is InChI=1S/C17H16N4O2S/c1-10-9-18-21(3)14(10)16(23)20-17-19-13(15(24-17)11(2)22)12-7-5-4-6-8-12/h4-9H,1-3H3,(H,19,20,23). The topological polar surface area (TPSA) is 76.9 Å². The maximum atomic E-state index is 12.5. The van der Waals surface area contributed by atoms with Crippen LogP contribution in [0.1, 0.15) is 32.6 Å². The Morgan fingerprint density at radius 3 is 2.50 bits per heavy atom. The quantitative estimate of drug-likeness (QED) is 0.739. The fourth-order valence-corrected chi connectivity index (χ4v) is 3.31. The summed E-state index contributed by atoms with van der Waals surface area (Å²) in [7, 11) is 1.71. The van der Waals surface area contributed by atoms with Gasteiger partial charge < -0.3 is 0 Å². The van der Waals surface area contributed by atoms with Crippen LogP contribution in [0.3, 0.4) is 0 Å². The monoisotopic (exact) mass is 340 g/mol. The highest BCUT2D eigenvalue weighted by Crippen LogP contribution is 2.31. The van der Waals surface area contributed by atoms with E-state index in [1.165, 1.54) is 22.9 Å². The summed E-state index contributed by atoms with van der Waals surface area (Å²) in [5.74, 6) is -0.375. The Morgan fingerprint density at radius 1 is 1.21 bits per heavy atom. The summed E-state index contributed by atoms with van der Waals surface area (Å²) in [6, 6.07) is 9.44. The number of benzene rings is 1. The van der Waals surface area contributed by atoms with Gasteiger partial charge >= 0.3 is 0 Å². The van der Waals surface area contributed by atoms with Crippen molar-refractivity contribution in [1.82, 2.24) is 14.8 Å². The van der Waals surface area contributed by atoms with Crippen molar-refractivity contribution in [2.75, 3.05) is 5.32 Å². The van der Waals surface area contributed by atoms with Gasteiger partial charge in [0.1, 0.15) is 5.69 Å². The second-order valence-electron chi connectivity index (χ2n) is 5.37. The van der Waals surface area contributed by atoms with Gasteiger partial charge in [-0.1, -0.05) is 41.7 Å². The molecule has 0 radical (unpaired) electrons. The molecule has 0 saturated carbocycles. The molecule has 0 aliphatic carbocycles. The summed E-state index contributed by atoms with van der Waals surface area (Å²) in [4.78, 5) is 29.3. The Bertz CT molecular complexity index is 893. The van der Waals surface area contributed by atoms with Crippen molar-refractivity contribution in [3.8, 4) is 11.3 Å². The molecule has 0 spiro atoms. The van der Waals surface area contributed by atoms with Gasteiger partial charge in [0, 0.05) is 19.5 Å². The number of aryl methyl sites for hydroxylation is 2. The van der Waals surface area contributed by atoms with Crippen molar-refractivity contribution in [3.63, 3.8) is 0 Å². The van der Waals surface area contributed by atoms with E-state index in [4.69, 9.17) is 0 Å². The Hall–Kier alpha value is -2.80. The van der Waals surface area contributed by atoms with Crippen LogP contribution >= 0.6 is 11.3 Å². The molecule has 2 heterocycles. The Morgan fingerprint density at radius 2 is 1.92 bits per heavy atom. The smallest absolute Gasteiger partial charge is 0.275 e. The van der Waals surface area contributed by atoms with Gasteiger partial charge in [-0.2, -0.15) is 5.10 Å². The zero-order valence-corrected chi connectivity index (χ0v) is 14.3. The van der Waals surface area contributed by atoms with Crippen LogP contribution in [0, 0.1) is 6.92 Å². The second kappa shape index (κ2) is 6.37. The fourth-order valence-electron chi connectivity index (χ4n) is 2.43. The fraction of sp³-hybridized carbons (Fsp3) is 0.176. The van der Waals surface area contributed by atoms with Crippen molar-refractivity contribution < 1.29 is 9.59 Å². The van der Waals surface area contributed by atoms with E-state index in [-0.39, 0.29) is 11.7 Å². The Balaban J connectivity index is 1.95. The first-order valence-electron chi connectivity index (χ1n) is 7.34. The normalized spacial score (nSPS) is 10.6. The molecule has 0 saturated heterocycles. The molecule has 0 unspecified atom stereocenters. The van der Waals surface area contributed by atoms with Crippen molar-refractivity contribution in [1.29, 1.82) is 0 Å². The van der Waals surface area contributed by atoms with Crippen LogP contribution in [-0.4, -0.2) is 26.5 Å². The van der Waals surface area contributed by atoms with Crippen LogP contribution in [0.15, 0.2) is 36.5 Å². The van der Waals surface area contributed by atoms with Crippen LogP contribution in [0.25, 0.3) is 11.3 Å². The zero-order chi connectivity index (χ0) is 17.3. The second-order valence-corrected chi connectivity index (χ2v) is 6.37. The van der Waals surface area contributed by atoms with Crippen LogP contribution in [0.4, 0.5) is 5.13 Å². The molecule has 6 nitrogen and oxygen atoms in total. The number of hydrogen-bond donors (Lipinski definition) is 1. The van der Waals surface area contributed by atoms with Gasteiger partial charge in [-0.15, -0.1) is 0 Å². The number of nitrogens with one attached hydrogen (secondary N) is 1. The minimum atomic E-state index is -0.295. The molecule has 2 aromatic heterocycles. The largest absolute Gasteiger partial charge is 0.296 e. The highest BCUT2D eigenvalue weighted by molar-refractivity contribution is 7.18. The van der Waals surface area contributed by atoms with E-state index in [0.717, 1.165) is 11.1 Å². The predicted molar refractivity (Wildman–Crippen MR) is 93.5 cm³/mol. The molecule has 1 amide bonds. The van der Waals surface area contributed by atoms with E-state index in [1.807, 2.05) is 37.3 Å². The van der Waals surface area contributed by atoms with Gasteiger partial charge in [0.05, 0.1) is 16.8 Å². The first kappa shape index (κ1) is 16.1. The van der Waals surface area contributed by atoms with Crippen molar-refractivity contribution >= 4 is 28.2 Å². The highest BCUT2D eigenvalue weighted by atomic mass is 32.1. The molecular weight excluding hydrogens is 324 g/mol. The van der Waals surface area contributed by atoms with Crippen LogP contribution < -0.4 is 5.32 Å². The first-order valence-corrected chi connectivity index (χ1v) is 8.16. The number of Topliss-reactive ketones (excluding diaryl/α,β-unsaturated/α-hetero) is 1. The summed E-state index contributed by atoms with van der Waals surface area (Å²) in [5.41, 5.74) is 2.68. The molecule has 0 fully saturated rings. The molecule has 1 aromatic carbocycles. The van der Waals surface area contributed by atoms with Gasteiger partial charge in [0.2, 0.25) is 0 Å². The van der Waals surface area contributed by atoms with E-state index in [0.29, 0.717) is 21.4 Å². The number of thiazole rings is 1. The summed E-state index contributed by atoms with van der Waals surface area (Å²) >= 11 is 1.18. The molecular formula is C17H16N4O2S. The summed E-state index contributed by atoms with van der Waals surface area (Å²) in [6.07, 6.45) is 1.63. The third-order valence-corrected chi connectivity index (χ3v) is 4.62. The third-order valence-electron chi connectivity index (χ3n) is 3.55. The van der Waals surface area contributed by atoms with Gasteiger partial charge in [0.15, 0.2) is 10.9 Å². The van der Waals surface area contributed by atoms with Gasteiger partial charge in [-0.3, -0.25) is 19.6 Å². The number of aromatic nitrogens is 3. The molecule has 7 heteroatoms. The highest BCUT2D eigenvalue weighted by Gasteiger charge is 2.20. The number of carbonyl (C=O) groups is 2. The molecule has 3 aromatic rings. The lowest BCUT2D eigenvalue weighted by atomic mass is 10.1. The minimum absolute atomic E-state index is 0.0800. The number of rotatable bonds is 4. The number of anilines is 1. The SMILES string of the molecule is CC(=O)c1sc(NC(=O)c2c(C)cnn2C)nc1-c1ccccc1. The number of amides is 1. The summed E-state index contributed by atoms with van der Waals surface area (Å²) < 4.78 is 1.52. The van der Waals surface area contributed by atoms with Gasteiger partial charge in [-0.05, 0) is 12.5 Å². The molecule has 122 valence electrons. The number of ketones is 1. The number of carbonyl (C=O) groups excluding carboxylic acids is 2. The molecule has 24 heavy (non-hydrogen) atoms. The van der Waals surface area contributed by atoms with Gasteiger partial charge in [-0.25, -0.2) is 4.98 Å². The van der Waals surface area contributed by atoms with Gasteiger partial charge in [0.25, 0.3) is 5.91 Å². The number of hydrogen-bond acceptors (Lipinski definition) is 5. The summed E-state index contributed by atoms with van der Waals surface area (Å²) in [5, 5.41) is 7.22. The Kier molecular flexibility index (Phi) is 4.26. The maximum Gasteiger partial charge on any atom is 0.275 e. The molecule has 3 rings (SSSR count). The molecule has 0 aliphatic rings. The van der Waals surface area contributed by atoms with Crippen molar-refractivity contribution in [2.45, 2.75) is 13.8 Å². The minimum Gasteiger partial charge on any atom is -0.296 e. The van der Waals surface area contributed by atoms with Crippen LogP contribution in [-0.2, 0) is 7.05 Å². The Labute approximate surface area is 143 Å². The van der Waals surface area contributed by atoms with Crippen molar-refractivity contribution in [3.05, 3.63) is 52.7 Å². The zero-order valence-electron chi connectivity index (χ0n) is 13.5. The molecule has 0 atom stereocenters. The van der Waals surface area contributed by atoms with E-state index < -0.39 is 0 Å². The first-order chi connectivity index (χ1) is 11.5. The average Bonchev–Trinajstić information content (AvgIpc) is 3.12. The molecule has 0 aliphatic heterocycles. The maximum absolute atomic E-state index is 12.5. The van der Waals surface area contributed by atoms with Crippen LogP contribution in [0.2, 0.25) is 0 Å². The van der Waals surface area contributed by atoms with E-state index >= 15 is 0 Å². The number of nitrogens with zero attached hydrogens (tertiary/aromatic N) is 3. The third kappa shape index (κ3) is 2.98. The average molecular weight is 340 g/mol. The van der Waals surface area contributed by atoms with E-state index in [2.05, 4.69) is 15.4 Å². The molecule has 0 bridgehead atoms. The lowest BCUT2D eigenvalue weighted by molar-refractivity contribution is 0.101. The lowest BCUT2D eigenvalue weighted by Crippen LogP contribution is -2.17. The summed E-state index contributed by atoms with van der Waals surface area (Å²) in [6.45, 7) is 3.32. The van der Waals surface area contributed by atoms with E-state index in [9.17, 15) is 9.59 Å². The van der Waals surface area contributed by atoms with E-state index in [1.54, 1.807) is 13.2 Å². The lowest BCUT2D eigenvalue weighted by Gasteiger charge is -2.03. The van der Waals surface area contributed by atoms with Crippen LogP contribution in [0.5, 0.6) is 0 Å². The van der Waals surface area contributed by atoms with Crippen molar-refractivity contribution in [2.24, 2.45) is 7.05 Å². The predicted octanol–water partition coefficient (Wildman–Crippen LogP) is 3.31. The molecule has 1 N–H and O–H groups in total.